The summed E-state index contributed by atoms with van der Waals surface area (Å²) in [6.07, 6.45) is -0.488. The number of anilines is 1. The SMILES string of the molecule is CC(C)c1ccccc1OC[C@H](O)C[NH+]1CCN(c2ccc(F)cc2)CC1. The van der Waals surface area contributed by atoms with Crippen LogP contribution >= 0.6 is 0 Å². The van der Waals surface area contributed by atoms with Crippen LogP contribution in [-0.4, -0.2) is 50.5 Å². The topological polar surface area (TPSA) is 37.1 Å². The van der Waals surface area contributed by atoms with E-state index in [1.54, 1.807) is 0 Å². The number of benzene rings is 2. The molecule has 1 aliphatic heterocycles. The van der Waals surface area contributed by atoms with E-state index in [2.05, 4.69) is 24.8 Å². The summed E-state index contributed by atoms with van der Waals surface area (Å²) in [6.45, 7) is 9.01. The van der Waals surface area contributed by atoms with Crippen LogP contribution in [0.4, 0.5) is 10.1 Å². The van der Waals surface area contributed by atoms with Crippen LogP contribution < -0.4 is 14.5 Å². The van der Waals surface area contributed by atoms with Gasteiger partial charge in [0, 0.05) is 5.69 Å². The second kappa shape index (κ2) is 9.20. The van der Waals surface area contributed by atoms with Gasteiger partial charge < -0.3 is 19.6 Å². The zero-order valence-electron chi connectivity index (χ0n) is 16.2. The van der Waals surface area contributed by atoms with Crippen molar-refractivity contribution in [3.05, 3.63) is 59.9 Å². The second-order valence-corrected chi connectivity index (χ2v) is 7.57. The molecule has 1 aliphatic rings. The fourth-order valence-corrected chi connectivity index (χ4v) is 3.60. The van der Waals surface area contributed by atoms with E-state index in [-0.39, 0.29) is 5.82 Å². The Kier molecular flexibility index (Phi) is 6.69. The van der Waals surface area contributed by atoms with Crippen LogP contribution in [0.2, 0.25) is 0 Å². The average molecular weight is 373 g/mol. The molecule has 1 fully saturated rings. The molecule has 5 heteroatoms. The fraction of sp³-hybridized carbons (Fsp3) is 0.455. The standard InChI is InChI=1S/C22H29FN2O2/c1-17(2)21-5-3-4-6-22(21)27-16-20(26)15-24-11-13-25(14-12-24)19-9-7-18(23)8-10-19/h3-10,17,20,26H,11-16H2,1-2H3/p+1/t20-/m1/s1. The highest BCUT2D eigenvalue weighted by Crippen LogP contribution is 2.25. The lowest BCUT2D eigenvalue weighted by molar-refractivity contribution is -0.903. The lowest BCUT2D eigenvalue weighted by atomic mass is 10.0. The molecular weight excluding hydrogens is 343 g/mol. The third-order valence-electron chi connectivity index (χ3n) is 5.16. The predicted molar refractivity (Wildman–Crippen MR) is 106 cm³/mol. The number of aliphatic hydroxyl groups excluding tert-OH is 1. The number of rotatable bonds is 7. The van der Waals surface area contributed by atoms with Crippen molar-refractivity contribution in [3.8, 4) is 5.75 Å². The number of hydrogen-bond donors (Lipinski definition) is 2. The minimum absolute atomic E-state index is 0.204. The van der Waals surface area contributed by atoms with Crippen LogP contribution in [0.1, 0.15) is 25.3 Å². The quantitative estimate of drug-likeness (QED) is 0.781. The summed E-state index contributed by atoms with van der Waals surface area (Å²) in [5.74, 6) is 1.05. The van der Waals surface area contributed by atoms with E-state index in [1.807, 2.05) is 30.3 Å². The Hall–Kier alpha value is -2.11. The monoisotopic (exact) mass is 373 g/mol. The second-order valence-electron chi connectivity index (χ2n) is 7.57. The first kappa shape index (κ1) is 19.6. The maximum atomic E-state index is 13.1. The molecule has 0 unspecified atom stereocenters. The number of para-hydroxylation sites is 1. The Morgan fingerprint density at radius 1 is 1.07 bits per heavy atom. The van der Waals surface area contributed by atoms with Crippen molar-refractivity contribution in [2.75, 3.05) is 44.2 Å². The molecule has 0 aromatic heterocycles. The molecule has 27 heavy (non-hydrogen) atoms. The minimum atomic E-state index is -0.488. The Labute approximate surface area is 161 Å². The van der Waals surface area contributed by atoms with Gasteiger partial charge in [-0.3, -0.25) is 0 Å². The highest BCUT2D eigenvalue weighted by atomic mass is 19.1. The molecule has 2 aromatic rings. The molecule has 4 nitrogen and oxygen atoms in total. The van der Waals surface area contributed by atoms with Crippen LogP contribution in [0.25, 0.3) is 0 Å². The maximum absolute atomic E-state index is 13.1. The van der Waals surface area contributed by atoms with Crippen molar-refractivity contribution in [3.63, 3.8) is 0 Å². The molecule has 0 radical (unpaired) electrons. The van der Waals surface area contributed by atoms with Crippen LogP contribution in [0.3, 0.4) is 0 Å². The fourth-order valence-electron chi connectivity index (χ4n) is 3.60. The highest BCUT2D eigenvalue weighted by molar-refractivity contribution is 5.46. The summed E-state index contributed by atoms with van der Waals surface area (Å²) in [6, 6.07) is 14.7. The van der Waals surface area contributed by atoms with Gasteiger partial charge >= 0.3 is 0 Å². The van der Waals surface area contributed by atoms with Crippen molar-refractivity contribution in [2.24, 2.45) is 0 Å². The third-order valence-corrected chi connectivity index (χ3v) is 5.16. The molecular formula is C22H30FN2O2+. The van der Waals surface area contributed by atoms with Gasteiger partial charge in [0.1, 0.15) is 30.8 Å². The van der Waals surface area contributed by atoms with Gasteiger partial charge in [0.25, 0.3) is 0 Å². The number of piperazine rings is 1. The molecule has 0 bridgehead atoms. The van der Waals surface area contributed by atoms with Gasteiger partial charge in [-0.05, 0) is 41.8 Å². The molecule has 0 amide bonds. The summed E-state index contributed by atoms with van der Waals surface area (Å²) in [5.41, 5.74) is 2.23. The van der Waals surface area contributed by atoms with Crippen LogP contribution in [-0.2, 0) is 0 Å². The van der Waals surface area contributed by atoms with Crippen molar-refractivity contribution in [2.45, 2.75) is 25.9 Å². The number of aliphatic hydroxyl groups is 1. The van der Waals surface area contributed by atoms with Gasteiger partial charge in [0.15, 0.2) is 0 Å². The molecule has 1 heterocycles. The van der Waals surface area contributed by atoms with Crippen LogP contribution in [0.15, 0.2) is 48.5 Å². The summed E-state index contributed by atoms with van der Waals surface area (Å²) in [5, 5.41) is 10.4. The number of ether oxygens (including phenoxy) is 1. The van der Waals surface area contributed by atoms with Gasteiger partial charge in [-0.25, -0.2) is 4.39 Å². The van der Waals surface area contributed by atoms with Gasteiger partial charge in [-0.2, -0.15) is 0 Å². The van der Waals surface area contributed by atoms with E-state index in [1.165, 1.54) is 22.6 Å². The van der Waals surface area contributed by atoms with Crippen LogP contribution in [0.5, 0.6) is 5.75 Å². The minimum Gasteiger partial charge on any atom is -0.490 e. The molecule has 0 spiro atoms. The summed E-state index contributed by atoms with van der Waals surface area (Å²) < 4.78 is 19.0. The van der Waals surface area contributed by atoms with Crippen molar-refractivity contribution >= 4 is 5.69 Å². The van der Waals surface area contributed by atoms with Gasteiger partial charge in [0.05, 0.1) is 26.2 Å². The molecule has 0 saturated carbocycles. The first-order valence-electron chi connectivity index (χ1n) is 9.77. The molecule has 0 aliphatic carbocycles. The number of nitrogens with zero attached hydrogens (tertiary/aromatic N) is 1. The number of nitrogens with one attached hydrogen (secondary N) is 1. The van der Waals surface area contributed by atoms with Gasteiger partial charge in [-0.15, -0.1) is 0 Å². The first-order valence-corrected chi connectivity index (χ1v) is 9.77. The molecule has 146 valence electrons. The number of hydrogen-bond acceptors (Lipinski definition) is 3. The predicted octanol–water partition coefficient (Wildman–Crippen LogP) is 2.09. The Morgan fingerprint density at radius 3 is 2.41 bits per heavy atom. The summed E-state index contributed by atoms with van der Waals surface area (Å²) in [4.78, 5) is 3.65. The molecule has 2 N–H and O–H groups in total. The molecule has 3 rings (SSSR count). The summed E-state index contributed by atoms with van der Waals surface area (Å²) >= 11 is 0. The van der Waals surface area contributed by atoms with Gasteiger partial charge in [0.2, 0.25) is 0 Å². The van der Waals surface area contributed by atoms with E-state index in [9.17, 15) is 9.50 Å². The summed E-state index contributed by atoms with van der Waals surface area (Å²) in [7, 11) is 0. The van der Waals surface area contributed by atoms with Gasteiger partial charge in [-0.1, -0.05) is 32.0 Å². The van der Waals surface area contributed by atoms with Crippen LogP contribution in [0, 0.1) is 5.82 Å². The molecule has 2 aromatic carbocycles. The van der Waals surface area contributed by atoms with E-state index < -0.39 is 6.10 Å². The van der Waals surface area contributed by atoms with E-state index >= 15 is 0 Å². The first-order chi connectivity index (χ1) is 13.0. The number of quaternary nitrogens is 1. The Balaban J connectivity index is 1.44. The lowest BCUT2D eigenvalue weighted by Crippen LogP contribution is -3.16. The van der Waals surface area contributed by atoms with E-state index in [0.29, 0.717) is 19.1 Å². The third kappa shape index (κ3) is 5.44. The highest BCUT2D eigenvalue weighted by Gasteiger charge is 2.23. The van der Waals surface area contributed by atoms with E-state index in [0.717, 1.165) is 37.6 Å². The van der Waals surface area contributed by atoms with Crippen molar-refractivity contribution < 1.29 is 19.1 Å². The normalized spacial score (nSPS) is 16.6. The van der Waals surface area contributed by atoms with Crippen molar-refractivity contribution in [1.29, 1.82) is 0 Å². The largest absolute Gasteiger partial charge is 0.490 e. The Bertz CT molecular complexity index is 713. The molecule has 1 atom stereocenters. The van der Waals surface area contributed by atoms with E-state index in [4.69, 9.17) is 4.74 Å². The Morgan fingerprint density at radius 2 is 1.74 bits per heavy atom. The smallest absolute Gasteiger partial charge is 0.137 e. The number of halogens is 1. The lowest BCUT2D eigenvalue weighted by Gasteiger charge is -2.34. The molecule has 1 saturated heterocycles. The zero-order valence-corrected chi connectivity index (χ0v) is 16.2. The van der Waals surface area contributed by atoms with Crippen molar-refractivity contribution in [1.82, 2.24) is 0 Å². The zero-order chi connectivity index (χ0) is 19.2. The average Bonchev–Trinajstić information content (AvgIpc) is 2.68. The maximum Gasteiger partial charge on any atom is 0.137 e.